The average molecular weight is 430 g/mol. The van der Waals surface area contributed by atoms with E-state index in [9.17, 15) is 13.2 Å². The molecule has 2 aromatic heterocycles. The van der Waals surface area contributed by atoms with Gasteiger partial charge in [-0.05, 0) is 49.9 Å². The normalized spacial score (nSPS) is 19.1. The predicted octanol–water partition coefficient (Wildman–Crippen LogP) is 1.99. The van der Waals surface area contributed by atoms with E-state index in [-0.39, 0.29) is 11.7 Å². The highest BCUT2D eigenvalue weighted by atomic mass is 32.2. The fraction of sp³-hybridized carbons (Fsp3) is 0.476. The number of rotatable bonds is 3. The van der Waals surface area contributed by atoms with Crippen LogP contribution in [0.2, 0.25) is 0 Å². The third-order valence-electron chi connectivity index (χ3n) is 5.66. The molecule has 0 N–H and O–H groups in total. The van der Waals surface area contributed by atoms with Crippen molar-refractivity contribution in [1.29, 1.82) is 0 Å². The minimum Gasteiger partial charge on any atom is -0.353 e. The van der Waals surface area contributed by atoms with Gasteiger partial charge in [-0.1, -0.05) is 6.07 Å². The zero-order valence-corrected chi connectivity index (χ0v) is 18.2. The van der Waals surface area contributed by atoms with Crippen molar-refractivity contribution in [3.05, 3.63) is 47.4 Å². The lowest BCUT2D eigenvalue weighted by atomic mass is 10.2. The number of hydrogen-bond acceptors (Lipinski definition) is 6. The Morgan fingerprint density at radius 2 is 1.73 bits per heavy atom. The third-order valence-corrected chi connectivity index (χ3v) is 7.53. The van der Waals surface area contributed by atoms with Crippen molar-refractivity contribution in [2.45, 2.75) is 26.7 Å². The summed E-state index contributed by atoms with van der Waals surface area (Å²) in [6.45, 7) is 7.17. The van der Waals surface area contributed by atoms with Crippen molar-refractivity contribution in [1.82, 2.24) is 14.9 Å². The first-order valence-electron chi connectivity index (χ1n) is 10.3. The van der Waals surface area contributed by atoms with Crippen LogP contribution in [0.25, 0.3) is 0 Å². The molecule has 9 heteroatoms. The lowest BCUT2D eigenvalue weighted by molar-refractivity contribution is 0.0740. The molecule has 4 heterocycles. The van der Waals surface area contributed by atoms with Crippen LogP contribution in [0.5, 0.6) is 0 Å². The van der Waals surface area contributed by atoms with Gasteiger partial charge in [0.05, 0.1) is 17.6 Å². The van der Waals surface area contributed by atoms with Gasteiger partial charge in [-0.25, -0.2) is 18.4 Å². The minimum atomic E-state index is -3.28. The van der Waals surface area contributed by atoms with Crippen LogP contribution in [0.4, 0.5) is 11.5 Å². The second-order valence-corrected chi connectivity index (χ2v) is 9.94. The number of nitrogens with zero attached hydrogens (tertiary/aromatic N) is 5. The molecule has 0 radical (unpaired) electrons. The molecule has 2 aliphatic heterocycles. The molecule has 0 bridgehead atoms. The summed E-state index contributed by atoms with van der Waals surface area (Å²) in [6, 6.07) is 5.42. The topological polar surface area (TPSA) is 86.7 Å². The van der Waals surface area contributed by atoms with E-state index < -0.39 is 10.0 Å². The van der Waals surface area contributed by atoms with E-state index in [0.29, 0.717) is 50.5 Å². The van der Waals surface area contributed by atoms with E-state index in [2.05, 4.69) is 27.9 Å². The summed E-state index contributed by atoms with van der Waals surface area (Å²) in [7, 11) is -3.28. The first kappa shape index (κ1) is 20.6. The Bertz CT molecular complexity index is 1030. The van der Waals surface area contributed by atoms with Crippen molar-refractivity contribution >= 4 is 27.4 Å². The molecule has 2 aromatic rings. The van der Waals surface area contributed by atoms with Crippen LogP contribution < -0.4 is 9.21 Å². The Labute approximate surface area is 177 Å². The number of carbonyl (C=O) groups excluding carboxylic acids is 1. The number of piperazine rings is 1. The quantitative estimate of drug-likeness (QED) is 0.742. The summed E-state index contributed by atoms with van der Waals surface area (Å²) in [6.07, 6.45) is 4.88. The number of hydrogen-bond donors (Lipinski definition) is 0. The van der Waals surface area contributed by atoms with Gasteiger partial charge in [-0.3, -0.25) is 9.10 Å². The molecule has 8 nitrogen and oxygen atoms in total. The maximum absolute atomic E-state index is 12.9. The molecule has 0 aliphatic carbocycles. The second kappa shape index (κ2) is 8.22. The molecule has 2 saturated heterocycles. The Morgan fingerprint density at radius 3 is 2.37 bits per heavy atom. The highest BCUT2D eigenvalue weighted by molar-refractivity contribution is 7.92. The Balaban J connectivity index is 1.41. The predicted molar refractivity (Wildman–Crippen MR) is 116 cm³/mol. The summed E-state index contributed by atoms with van der Waals surface area (Å²) < 4.78 is 25.9. The summed E-state index contributed by atoms with van der Waals surface area (Å²) in [5, 5.41) is 0. The number of amides is 1. The van der Waals surface area contributed by atoms with Gasteiger partial charge in [0.2, 0.25) is 10.0 Å². The zero-order chi connectivity index (χ0) is 21.3. The lowest BCUT2D eigenvalue weighted by Crippen LogP contribution is -2.49. The van der Waals surface area contributed by atoms with Crippen molar-refractivity contribution in [2.24, 2.45) is 0 Å². The molecule has 1 amide bonds. The van der Waals surface area contributed by atoms with Crippen LogP contribution in [0, 0.1) is 13.8 Å². The van der Waals surface area contributed by atoms with Gasteiger partial charge in [-0.2, -0.15) is 0 Å². The average Bonchev–Trinajstić information content (AvgIpc) is 2.73. The summed E-state index contributed by atoms with van der Waals surface area (Å²) in [5.41, 5.74) is 3.14. The van der Waals surface area contributed by atoms with Crippen LogP contribution in [0.3, 0.4) is 0 Å². The Morgan fingerprint density at radius 1 is 0.967 bits per heavy atom. The van der Waals surface area contributed by atoms with E-state index in [1.165, 1.54) is 10.5 Å². The highest BCUT2D eigenvalue weighted by Crippen LogP contribution is 2.24. The molecule has 4 rings (SSSR count). The van der Waals surface area contributed by atoms with E-state index in [1.807, 2.05) is 13.1 Å². The van der Waals surface area contributed by atoms with Gasteiger partial charge < -0.3 is 9.80 Å². The van der Waals surface area contributed by atoms with E-state index in [0.717, 1.165) is 23.4 Å². The highest BCUT2D eigenvalue weighted by Gasteiger charge is 2.28. The van der Waals surface area contributed by atoms with Crippen molar-refractivity contribution < 1.29 is 13.2 Å². The van der Waals surface area contributed by atoms with E-state index in [1.54, 1.807) is 17.0 Å². The zero-order valence-electron chi connectivity index (χ0n) is 17.4. The molecule has 0 aromatic carbocycles. The van der Waals surface area contributed by atoms with Crippen LogP contribution in [-0.4, -0.2) is 67.7 Å². The van der Waals surface area contributed by atoms with Crippen molar-refractivity contribution in [2.75, 3.05) is 47.7 Å². The van der Waals surface area contributed by atoms with Gasteiger partial charge in [-0.15, -0.1) is 0 Å². The van der Waals surface area contributed by atoms with Crippen molar-refractivity contribution in [3.63, 3.8) is 0 Å². The molecular formula is C21H27N5O3S. The van der Waals surface area contributed by atoms with Crippen LogP contribution in [-0.2, 0) is 10.0 Å². The standard InChI is InChI=1S/C21H27N5O3S/c1-16-13-17(2)20(23-14-16)24-8-10-25(11-9-24)21(27)19-6-5-18(15-22-19)26-7-3-4-12-30(26,28)29/h5-6,13-15H,3-4,7-12H2,1-2H3. The monoisotopic (exact) mass is 429 g/mol. The molecule has 160 valence electrons. The summed E-state index contributed by atoms with van der Waals surface area (Å²) in [5.74, 6) is 1.00. The molecule has 2 fully saturated rings. The number of anilines is 2. The molecule has 0 saturated carbocycles. The van der Waals surface area contributed by atoms with Gasteiger partial charge in [0.25, 0.3) is 5.91 Å². The van der Waals surface area contributed by atoms with Gasteiger partial charge >= 0.3 is 0 Å². The summed E-state index contributed by atoms with van der Waals surface area (Å²) >= 11 is 0. The molecule has 0 unspecified atom stereocenters. The second-order valence-electron chi connectivity index (χ2n) is 7.93. The van der Waals surface area contributed by atoms with E-state index >= 15 is 0 Å². The number of carbonyl (C=O) groups is 1. The van der Waals surface area contributed by atoms with Crippen LogP contribution >= 0.6 is 0 Å². The third kappa shape index (κ3) is 4.12. The molecule has 30 heavy (non-hydrogen) atoms. The van der Waals surface area contributed by atoms with Gasteiger partial charge in [0.1, 0.15) is 11.5 Å². The van der Waals surface area contributed by atoms with Gasteiger partial charge in [0, 0.05) is 38.9 Å². The first-order chi connectivity index (χ1) is 14.3. The number of sulfonamides is 1. The molecule has 0 spiro atoms. The molecule has 2 aliphatic rings. The maximum atomic E-state index is 12.9. The fourth-order valence-corrected chi connectivity index (χ4v) is 5.69. The first-order valence-corrected chi connectivity index (χ1v) is 11.9. The Kier molecular flexibility index (Phi) is 5.64. The summed E-state index contributed by atoms with van der Waals surface area (Å²) in [4.78, 5) is 25.7. The van der Waals surface area contributed by atoms with E-state index in [4.69, 9.17) is 0 Å². The number of pyridine rings is 2. The lowest BCUT2D eigenvalue weighted by Gasteiger charge is -2.36. The maximum Gasteiger partial charge on any atom is 0.272 e. The largest absolute Gasteiger partial charge is 0.353 e. The Hall–Kier alpha value is -2.68. The van der Waals surface area contributed by atoms with Crippen molar-refractivity contribution in [3.8, 4) is 0 Å². The van der Waals surface area contributed by atoms with Crippen LogP contribution in [0.15, 0.2) is 30.6 Å². The SMILES string of the molecule is Cc1cnc(N2CCN(C(=O)c3ccc(N4CCCCS4(=O)=O)cn3)CC2)c(C)c1. The number of aryl methyl sites for hydroxylation is 2. The molecular weight excluding hydrogens is 402 g/mol. The minimum absolute atomic E-state index is 0.128. The molecule has 0 atom stereocenters. The fourth-order valence-electron chi connectivity index (χ4n) is 4.06. The smallest absolute Gasteiger partial charge is 0.272 e. The number of aromatic nitrogens is 2. The van der Waals surface area contributed by atoms with Gasteiger partial charge in [0.15, 0.2) is 0 Å². The van der Waals surface area contributed by atoms with Crippen LogP contribution in [0.1, 0.15) is 34.5 Å².